The van der Waals surface area contributed by atoms with E-state index in [1.165, 1.54) is 20.4 Å². The maximum Gasteiger partial charge on any atom is 0.459 e. The van der Waals surface area contributed by atoms with E-state index >= 15 is 0 Å². The fourth-order valence-electron chi connectivity index (χ4n) is 4.67. The summed E-state index contributed by atoms with van der Waals surface area (Å²) >= 11 is 0. The average Bonchev–Trinajstić information content (AvgIpc) is 3.45. The van der Waals surface area contributed by atoms with Crippen molar-refractivity contribution < 1.29 is 42.5 Å². The third-order valence-electron chi connectivity index (χ3n) is 6.66. The predicted octanol–water partition coefficient (Wildman–Crippen LogP) is 1.58. The number of benzene rings is 1. The van der Waals surface area contributed by atoms with Crippen molar-refractivity contribution in [2.75, 3.05) is 32.7 Å². The molecule has 216 valence electrons. The standard InChI is InChI=1S/C24H31N6O9P/c1-4-35-21(32)14(2)29-40(33,39-15-8-6-5-7-9-15)37-12-16-18(31)24(10-11-36-24)22(38-16)30-13-26-17-19(30)27-23(25)28-20(17)34-3/h5-9,13-14,16,18,22,31H,4,10-12H2,1-3H3,(H,29,33)(H2,25,27,28)/t14-,16?,18+,22?,24+,40?/m0/s1. The van der Waals surface area contributed by atoms with Crippen LogP contribution in [0.2, 0.25) is 0 Å². The summed E-state index contributed by atoms with van der Waals surface area (Å²) in [5.74, 6) is -0.237. The van der Waals surface area contributed by atoms with E-state index in [1.54, 1.807) is 41.8 Å². The van der Waals surface area contributed by atoms with Gasteiger partial charge in [0.1, 0.15) is 29.6 Å². The number of nitrogens with two attached hydrogens (primary N) is 1. The van der Waals surface area contributed by atoms with Crippen LogP contribution in [-0.4, -0.2) is 81.4 Å². The number of nitrogens with one attached hydrogen (secondary N) is 1. The minimum atomic E-state index is -4.18. The van der Waals surface area contributed by atoms with Gasteiger partial charge in [-0.25, -0.2) is 9.55 Å². The van der Waals surface area contributed by atoms with E-state index < -0.39 is 43.8 Å². The fourth-order valence-corrected chi connectivity index (χ4v) is 6.17. The van der Waals surface area contributed by atoms with Gasteiger partial charge in [-0.2, -0.15) is 15.1 Å². The summed E-state index contributed by atoms with van der Waals surface area (Å²) in [5, 5.41) is 13.9. The van der Waals surface area contributed by atoms with Gasteiger partial charge in [-0.05, 0) is 26.0 Å². The van der Waals surface area contributed by atoms with Crippen molar-refractivity contribution in [3.8, 4) is 11.6 Å². The lowest BCUT2D eigenvalue weighted by atomic mass is 9.86. The number of fused-ring (bicyclic) bond motifs is 1. The summed E-state index contributed by atoms with van der Waals surface area (Å²) in [5.41, 5.74) is 5.39. The third-order valence-corrected chi connectivity index (χ3v) is 8.30. The number of aliphatic hydroxyl groups excluding tert-OH is 1. The van der Waals surface area contributed by atoms with Gasteiger partial charge in [-0.3, -0.25) is 13.9 Å². The van der Waals surface area contributed by atoms with E-state index in [1.807, 2.05) is 0 Å². The highest BCUT2D eigenvalue weighted by Gasteiger charge is 2.62. The molecule has 0 aliphatic carbocycles. The van der Waals surface area contributed by atoms with Crippen molar-refractivity contribution in [2.45, 2.75) is 50.3 Å². The molecule has 4 heterocycles. The number of hydrogen-bond acceptors (Lipinski definition) is 13. The molecule has 2 saturated heterocycles. The Bertz CT molecular complexity index is 1400. The molecule has 40 heavy (non-hydrogen) atoms. The van der Waals surface area contributed by atoms with Gasteiger partial charge in [-0.1, -0.05) is 18.2 Å². The summed E-state index contributed by atoms with van der Waals surface area (Å²) in [6.07, 6.45) is -1.14. The maximum atomic E-state index is 13.8. The Morgan fingerprint density at radius 1 is 1.35 bits per heavy atom. The largest absolute Gasteiger partial charge is 0.479 e. The highest BCUT2D eigenvalue weighted by Crippen LogP contribution is 2.51. The van der Waals surface area contributed by atoms with Crippen LogP contribution in [0.1, 0.15) is 26.5 Å². The zero-order valence-corrected chi connectivity index (χ0v) is 23.0. The first-order chi connectivity index (χ1) is 19.2. The third kappa shape index (κ3) is 5.23. The van der Waals surface area contributed by atoms with Gasteiger partial charge in [0.2, 0.25) is 11.8 Å². The average molecular weight is 579 g/mol. The predicted molar refractivity (Wildman–Crippen MR) is 139 cm³/mol. The molecule has 1 spiro atoms. The summed E-state index contributed by atoms with van der Waals surface area (Å²) in [7, 11) is -2.74. The molecule has 2 aliphatic rings. The second kappa shape index (κ2) is 11.3. The molecule has 2 fully saturated rings. The van der Waals surface area contributed by atoms with Crippen LogP contribution in [0.15, 0.2) is 36.7 Å². The number of aliphatic hydroxyl groups is 1. The maximum absolute atomic E-state index is 13.8. The number of anilines is 1. The monoisotopic (exact) mass is 578 g/mol. The van der Waals surface area contributed by atoms with E-state index in [0.29, 0.717) is 24.2 Å². The molecule has 2 aliphatic heterocycles. The van der Waals surface area contributed by atoms with Crippen LogP contribution < -0.4 is 20.1 Å². The molecule has 0 saturated carbocycles. The Morgan fingerprint density at radius 3 is 2.75 bits per heavy atom. The van der Waals surface area contributed by atoms with E-state index in [9.17, 15) is 14.5 Å². The van der Waals surface area contributed by atoms with Gasteiger partial charge >= 0.3 is 13.7 Å². The van der Waals surface area contributed by atoms with Crippen molar-refractivity contribution in [1.29, 1.82) is 0 Å². The zero-order valence-electron chi connectivity index (χ0n) is 22.1. The number of nitrogens with zero attached hydrogens (tertiary/aromatic N) is 4. The molecular formula is C24H31N6O9P. The summed E-state index contributed by atoms with van der Waals surface area (Å²) in [6.45, 7) is 3.30. The molecule has 5 rings (SSSR count). The highest BCUT2D eigenvalue weighted by molar-refractivity contribution is 7.52. The lowest BCUT2D eigenvalue weighted by Crippen LogP contribution is -2.56. The topological polar surface area (TPSA) is 191 Å². The second-order valence-electron chi connectivity index (χ2n) is 9.24. The van der Waals surface area contributed by atoms with Crippen LogP contribution in [0.5, 0.6) is 11.6 Å². The molecular weight excluding hydrogens is 547 g/mol. The van der Waals surface area contributed by atoms with Crippen molar-refractivity contribution in [2.24, 2.45) is 0 Å². The van der Waals surface area contributed by atoms with Crippen molar-refractivity contribution in [3.63, 3.8) is 0 Å². The number of methoxy groups -OCH3 is 1. The fraction of sp³-hybridized carbons (Fsp3) is 0.500. The summed E-state index contributed by atoms with van der Waals surface area (Å²) < 4.78 is 49.2. The van der Waals surface area contributed by atoms with Crippen LogP contribution in [-0.2, 0) is 28.1 Å². The van der Waals surface area contributed by atoms with Crippen LogP contribution >= 0.6 is 7.75 Å². The van der Waals surface area contributed by atoms with Gasteiger partial charge < -0.3 is 34.3 Å². The lowest BCUT2D eigenvalue weighted by Gasteiger charge is -2.44. The SMILES string of the molecule is CCOC(=O)[C@H](C)NP(=O)(OCC1OC(n2cnc3c(OC)nc(N)nc32)[C@@]2(CCO2)[C@@H]1O)Oc1ccccc1. The normalized spacial score (nSPS) is 26.2. The van der Waals surface area contributed by atoms with Crippen molar-refractivity contribution in [1.82, 2.24) is 24.6 Å². The first-order valence-corrected chi connectivity index (χ1v) is 14.2. The molecule has 6 atom stereocenters. The zero-order chi connectivity index (χ0) is 28.5. The number of hydrogen-bond donors (Lipinski definition) is 3. The first kappa shape index (κ1) is 28.2. The van der Waals surface area contributed by atoms with Gasteiger partial charge in [0.05, 0.1) is 33.3 Å². The number of nitrogen functional groups attached to an aromatic ring is 1. The Balaban J connectivity index is 1.39. The van der Waals surface area contributed by atoms with Gasteiger partial charge in [0, 0.05) is 6.42 Å². The number of aromatic nitrogens is 4. The van der Waals surface area contributed by atoms with Gasteiger partial charge in [-0.15, -0.1) is 0 Å². The molecule has 0 bridgehead atoms. The molecule has 16 heteroatoms. The van der Waals surface area contributed by atoms with E-state index in [4.69, 9.17) is 33.7 Å². The number of para-hydroxylation sites is 1. The molecule has 3 aromatic rings. The smallest absolute Gasteiger partial charge is 0.459 e. The molecule has 1 aromatic carbocycles. The second-order valence-corrected chi connectivity index (χ2v) is 10.9. The Hall–Kier alpha value is -3.33. The van der Waals surface area contributed by atoms with Crippen LogP contribution in [0, 0.1) is 0 Å². The molecule has 4 N–H and O–H groups in total. The molecule has 0 radical (unpaired) electrons. The van der Waals surface area contributed by atoms with Gasteiger partial charge in [0.15, 0.2) is 17.4 Å². The number of carbonyl (C=O) groups is 1. The molecule has 0 amide bonds. The van der Waals surface area contributed by atoms with E-state index in [0.717, 1.165) is 0 Å². The van der Waals surface area contributed by atoms with E-state index in [-0.39, 0.29) is 30.8 Å². The summed E-state index contributed by atoms with van der Waals surface area (Å²) in [4.78, 5) is 24.9. The minimum Gasteiger partial charge on any atom is -0.479 e. The lowest BCUT2D eigenvalue weighted by molar-refractivity contribution is -0.225. The van der Waals surface area contributed by atoms with Gasteiger partial charge in [0.25, 0.3) is 0 Å². The quantitative estimate of drug-likeness (QED) is 0.219. The number of imidazole rings is 1. The Morgan fingerprint density at radius 2 is 2.10 bits per heavy atom. The Kier molecular flexibility index (Phi) is 7.95. The number of esters is 1. The highest BCUT2D eigenvalue weighted by atomic mass is 31.2. The minimum absolute atomic E-state index is 0.0334. The van der Waals surface area contributed by atoms with Crippen LogP contribution in [0.4, 0.5) is 5.95 Å². The number of ether oxygens (including phenoxy) is 4. The summed E-state index contributed by atoms with van der Waals surface area (Å²) in [6, 6.07) is 7.32. The Labute approximate surface area is 229 Å². The number of carbonyl (C=O) groups excluding carboxylic acids is 1. The van der Waals surface area contributed by atoms with E-state index in [2.05, 4.69) is 20.0 Å². The first-order valence-electron chi connectivity index (χ1n) is 12.6. The molecule has 3 unspecified atom stereocenters. The number of rotatable bonds is 11. The van der Waals surface area contributed by atoms with Crippen molar-refractivity contribution in [3.05, 3.63) is 36.7 Å². The van der Waals surface area contributed by atoms with Crippen LogP contribution in [0.3, 0.4) is 0 Å². The molecule has 2 aromatic heterocycles. The molecule has 15 nitrogen and oxygen atoms in total. The van der Waals surface area contributed by atoms with Crippen LogP contribution in [0.25, 0.3) is 11.2 Å². The van der Waals surface area contributed by atoms with Crippen molar-refractivity contribution >= 4 is 30.8 Å².